The molecule has 3 atom stereocenters. The molecule has 5 rings (SSSR count). The van der Waals surface area contributed by atoms with E-state index in [2.05, 4.69) is 20.3 Å². The summed E-state index contributed by atoms with van der Waals surface area (Å²) in [4.78, 5) is 28.1. The van der Waals surface area contributed by atoms with Gasteiger partial charge >= 0.3 is 0 Å². The highest BCUT2D eigenvalue weighted by molar-refractivity contribution is 6.06. The van der Waals surface area contributed by atoms with Gasteiger partial charge in [-0.15, -0.1) is 0 Å². The Morgan fingerprint density at radius 1 is 1.04 bits per heavy atom. The molecule has 3 aromatic rings. The van der Waals surface area contributed by atoms with E-state index in [4.69, 9.17) is 0 Å². The van der Waals surface area contributed by atoms with Crippen molar-refractivity contribution in [3.8, 4) is 0 Å². The molecule has 136 valence electrons. The van der Waals surface area contributed by atoms with Crippen molar-refractivity contribution in [1.82, 2.24) is 19.9 Å². The minimum atomic E-state index is 0.112. The molecule has 1 saturated heterocycles. The quantitative estimate of drug-likeness (QED) is 0.778. The zero-order chi connectivity index (χ0) is 18.2. The van der Waals surface area contributed by atoms with Crippen LogP contribution in [0.1, 0.15) is 23.2 Å². The van der Waals surface area contributed by atoms with Gasteiger partial charge < -0.3 is 10.2 Å². The van der Waals surface area contributed by atoms with Gasteiger partial charge in [0.1, 0.15) is 5.82 Å². The molecule has 0 radical (unpaired) electrons. The maximum absolute atomic E-state index is 13.2. The number of carbonyl (C=O) groups excluding carboxylic acids is 1. The minimum Gasteiger partial charge on any atom is -0.366 e. The summed E-state index contributed by atoms with van der Waals surface area (Å²) in [6, 6.07) is 9.99. The fourth-order valence-corrected chi connectivity index (χ4v) is 4.63. The van der Waals surface area contributed by atoms with Gasteiger partial charge in [-0.3, -0.25) is 14.8 Å². The van der Waals surface area contributed by atoms with E-state index in [1.165, 1.54) is 0 Å². The van der Waals surface area contributed by atoms with Gasteiger partial charge in [-0.25, -0.2) is 4.98 Å². The molecule has 1 saturated carbocycles. The molecule has 27 heavy (non-hydrogen) atoms. The molecule has 6 heteroatoms. The number of fused-ring (bicyclic) bond motifs is 2. The Bertz CT molecular complexity index is 971. The summed E-state index contributed by atoms with van der Waals surface area (Å²) in [5.41, 5.74) is 1.61. The monoisotopic (exact) mass is 359 g/mol. The largest absolute Gasteiger partial charge is 0.366 e. The second kappa shape index (κ2) is 6.61. The smallest absolute Gasteiger partial charge is 0.254 e. The third-order valence-electron chi connectivity index (χ3n) is 5.92. The first-order valence-electron chi connectivity index (χ1n) is 9.45. The van der Waals surface area contributed by atoms with Gasteiger partial charge in [0.05, 0.1) is 11.7 Å². The van der Waals surface area contributed by atoms with Crippen LogP contribution in [0.3, 0.4) is 0 Å². The lowest BCUT2D eigenvalue weighted by molar-refractivity contribution is 0.0782. The van der Waals surface area contributed by atoms with E-state index in [0.717, 1.165) is 48.2 Å². The van der Waals surface area contributed by atoms with Crippen molar-refractivity contribution < 1.29 is 4.79 Å². The van der Waals surface area contributed by atoms with E-state index in [-0.39, 0.29) is 5.91 Å². The lowest BCUT2D eigenvalue weighted by Crippen LogP contribution is -2.33. The molecule has 1 aromatic carbocycles. The van der Waals surface area contributed by atoms with Crippen molar-refractivity contribution >= 4 is 22.6 Å². The first-order valence-corrected chi connectivity index (χ1v) is 9.45. The minimum absolute atomic E-state index is 0.112. The summed E-state index contributed by atoms with van der Waals surface area (Å²) in [6.07, 6.45) is 9.16. The predicted octanol–water partition coefficient (Wildman–Crippen LogP) is 2.99. The van der Waals surface area contributed by atoms with Crippen LogP contribution in [0.2, 0.25) is 0 Å². The summed E-state index contributed by atoms with van der Waals surface area (Å²) in [7, 11) is 0. The molecular formula is C21H21N5O. The van der Waals surface area contributed by atoms with Gasteiger partial charge in [0, 0.05) is 54.6 Å². The lowest BCUT2D eigenvalue weighted by atomic mass is 9.98. The Morgan fingerprint density at radius 2 is 2.00 bits per heavy atom. The van der Waals surface area contributed by atoms with E-state index in [9.17, 15) is 4.79 Å². The van der Waals surface area contributed by atoms with Crippen molar-refractivity contribution in [2.45, 2.75) is 18.9 Å². The molecule has 3 heterocycles. The number of likely N-dealkylation sites (tertiary alicyclic amines) is 1. The highest BCUT2D eigenvalue weighted by atomic mass is 16.2. The number of anilines is 1. The van der Waals surface area contributed by atoms with Crippen LogP contribution in [0.4, 0.5) is 5.82 Å². The molecule has 1 aliphatic heterocycles. The average Bonchev–Trinajstić information content (AvgIpc) is 3.30. The molecule has 2 aromatic heterocycles. The van der Waals surface area contributed by atoms with Gasteiger partial charge in [0.15, 0.2) is 0 Å². The second-order valence-electron chi connectivity index (χ2n) is 7.43. The number of nitrogens with zero attached hydrogens (tertiary/aromatic N) is 4. The van der Waals surface area contributed by atoms with Crippen LogP contribution >= 0.6 is 0 Å². The lowest BCUT2D eigenvalue weighted by Gasteiger charge is -2.22. The van der Waals surface area contributed by atoms with Gasteiger partial charge in [-0.2, -0.15) is 0 Å². The van der Waals surface area contributed by atoms with Crippen molar-refractivity contribution in [2.75, 3.05) is 18.4 Å². The molecule has 1 amide bonds. The van der Waals surface area contributed by atoms with E-state index in [1.54, 1.807) is 24.8 Å². The summed E-state index contributed by atoms with van der Waals surface area (Å²) in [6.45, 7) is 1.62. The Hall–Kier alpha value is -3.02. The van der Waals surface area contributed by atoms with Gasteiger partial charge in [0.25, 0.3) is 5.91 Å². The highest BCUT2D eigenvalue weighted by Crippen LogP contribution is 2.40. The van der Waals surface area contributed by atoms with E-state index in [0.29, 0.717) is 17.9 Å². The zero-order valence-corrected chi connectivity index (χ0v) is 15.0. The Morgan fingerprint density at radius 3 is 2.89 bits per heavy atom. The fraction of sp³-hybridized carbons (Fsp3) is 0.333. The Balaban J connectivity index is 1.35. The summed E-state index contributed by atoms with van der Waals surface area (Å²) < 4.78 is 0. The SMILES string of the molecule is O=C(c1cccc2ncccc12)N1C[C@H]2CC[C@@H](Nc3cnccn3)[C@H]2C1. The molecule has 0 unspecified atom stereocenters. The molecule has 2 fully saturated rings. The van der Waals surface area contributed by atoms with Gasteiger partial charge in [-0.1, -0.05) is 12.1 Å². The second-order valence-corrected chi connectivity index (χ2v) is 7.43. The van der Waals surface area contributed by atoms with Crippen LogP contribution in [-0.2, 0) is 0 Å². The zero-order valence-electron chi connectivity index (χ0n) is 15.0. The number of aromatic nitrogens is 3. The topological polar surface area (TPSA) is 71.0 Å². The molecule has 0 spiro atoms. The van der Waals surface area contributed by atoms with Crippen LogP contribution in [0.25, 0.3) is 10.9 Å². The molecule has 1 aliphatic carbocycles. The van der Waals surface area contributed by atoms with Crippen molar-refractivity contribution in [1.29, 1.82) is 0 Å². The normalized spacial score (nSPS) is 24.1. The summed E-state index contributed by atoms with van der Waals surface area (Å²) in [5.74, 6) is 1.94. The number of hydrogen-bond acceptors (Lipinski definition) is 5. The Labute approximate surface area is 157 Å². The average molecular weight is 359 g/mol. The number of rotatable bonds is 3. The maximum atomic E-state index is 13.2. The predicted molar refractivity (Wildman–Crippen MR) is 103 cm³/mol. The van der Waals surface area contributed by atoms with Crippen molar-refractivity contribution in [3.63, 3.8) is 0 Å². The number of amides is 1. The summed E-state index contributed by atoms with van der Waals surface area (Å²) >= 11 is 0. The number of pyridine rings is 1. The molecule has 1 N–H and O–H groups in total. The van der Waals surface area contributed by atoms with Crippen LogP contribution in [0.15, 0.2) is 55.1 Å². The number of carbonyl (C=O) groups is 1. The maximum Gasteiger partial charge on any atom is 0.254 e. The van der Waals surface area contributed by atoms with E-state index >= 15 is 0 Å². The summed E-state index contributed by atoms with van der Waals surface area (Å²) in [5, 5.41) is 4.45. The van der Waals surface area contributed by atoms with E-state index in [1.807, 2.05) is 35.2 Å². The molecule has 2 aliphatic rings. The highest BCUT2D eigenvalue weighted by Gasteiger charge is 2.44. The standard InChI is InChI=1S/C21H21N5O/c27-21(16-3-1-5-18-15(16)4-2-8-23-18)26-12-14-6-7-19(17(14)13-26)25-20-11-22-9-10-24-20/h1-5,8-11,14,17,19H,6-7,12-13H2,(H,24,25)/t14-,17+,19-/m1/s1. The van der Waals surface area contributed by atoms with Crippen molar-refractivity contribution in [3.05, 3.63) is 60.7 Å². The fourth-order valence-electron chi connectivity index (χ4n) is 4.63. The van der Waals surface area contributed by atoms with Crippen LogP contribution in [-0.4, -0.2) is 44.9 Å². The number of hydrogen-bond donors (Lipinski definition) is 1. The molecule has 0 bridgehead atoms. The van der Waals surface area contributed by atoms with E-state index < -0.39 is 0 Å². The third-order valence-corrected chi connectivity index (χ3v) is 5.92. The van der Waals surface area contributed by atoms with Crippen molar-refractivity contribution in [2.24, 2.45) is 11.8 Å². The van der Waals surface area contributed by atoms with Crippen LogP contribution in [0, 0.1) is 11.8 Å². The van der Waals surface area contributed by atoms with Gasteiger partial charge in [-0.05, 0) is 37.0 Å². The van der Waals surface area contributed by atoms with Crippen LogP contribution in [0.5, 0.6) is 0 Å². The number of nitrogens with one attached hydrogen (secondary N) is 1. The molecular weight excluding hydrogens is 338 g/mol. The van der Waals surface area contributed by atoms with Gasteiger partial charge in [0.2, 0.25) is 0 Å². The Kier molecular flexibility index (Phi) is 3.96. The third kappa shape index (κ3) is 2.91. The molecule has 6 nitrogen and oxygen atoms in total. The van der Waals surface area contributed by atoms with Crippen LogP contribution < -0.4 is 5.32 Å². The first-order chi connectivity index (χ1) is 13.3. The first kappa shape index (κ1) is 16.2. The number of benzene rings is 1.